The molecule has 0 amide bonds. The van der Waals surface area contributed by atoms with Gasteiger partial charge in [0.15, 0.2) is 0 Å². The molecule has 2 rings (SSSR count). The van der Waals surface area contributed by atoms with Crippen LogP contribution < -0.4 is 10.1 Å². The summed E-state index contributed by atoms with van der Waals surface area (Å²) < 4.78 is 19.7. The Kier molecular flexibility index (Phi) is 6.18. The number of hydrogen-bond donors (Lipinski definition) is 2. The van der Waals surface area contributed by atoms with Gasteiger partial charge in [0.25, 0.3) is 0 Å². The van der Waals surface area contributed by atoms with Crippen LogP contribution >= 0.6 is 27.5 Å². The molecule has 4 nitrogen and oxygen atoms in total. The number of hydrogen-bond acceptors (Lipinski definition) is 4. The fourth-order valence-electron chi connectivity index (χ4n) is 1.96. The quantitative estimate of drug-likeness (QED) is 0.587. The van der Waals surface area contributed by atoms with Gasteiger partial charge in [-0.15, -0.1) is 0 Å². The van der Waals surface area contributed by atoms with Gasteiger partial charge in [0.05, 0.1) is 28.7 Å². The van der Waals surface area contributed by atoms with E-state index < -0.39 is 5.82 Å². The van der Waals surface area contributed by atoms with Crippen molar-refractivity contribution >= 4 is 44.6 Å². The lowest BCUT2D eigenvalue weighted by Gasteiger charge is -2.14. The Morgan fingerprint density at radius 2 is 2.12 bits per heavy atom. The fraction of sp³-hybridized carbons (Fsp3) is 0.294. The SMILES string of the molecule is CC(=N)c1cc(Br)c(F)cc1Nc1cnc(OCC(C)C)c(Cl)c1. The molecule has 0 saturated heterocycles. The summed E-state index contributed by atoms with van der Waals surface area (Å²) in [5.74, 6) is 0.310. The van der Waals surface area contributed by atoms with Crippen molar-refractivity contribution in [2.24, 2.45) is 5.92 Å². The lowest BCUT2D eigenvalue weighted by Crippen LogP contribution is -2.06. The van der Waals surface area contributed by atoms with Crippen LogP contribution in [0, 0.1) is 17.1 Å². The van der Waals surface area contributed by atoms with E-state index in [1.807, 2.05) is 13.8 Å². The number of nitrogens with one attached hydrogen (secondary N) is 2. The predicted molar refractivity (Wildman–Crippen MR) is 99.5 cm³/mol. The third-order valence-electron chi connectivity index (χ3n) is 3.10. The third kappa shape index (κ3) is 4.68. The second-order valence-corrected chi connectivity index (χ2v) is 7.04. The smallest absolute Gasteiger partial charge is 0.232 e. The highest BCUT2D eigenvalue weighted by Gasteiger charge is 2.12. The Labute approximate surface area is 154 Å². The van der Waals surface area contributed by atoms with Crippen molar-refractivity contribution < 1.29 is 9.13 Å². The van der Waals surface area contributed by atoms with Crippen LogP contribution in [0.15, 0.2) is 28.9 Å². The molecule has 0 fully saturated rings. The van der Waals surface area contributed by atoms with Gasteiger partial charge in [-0.2, -0.15) is 0 Å². The summed E-state index contributed by atoms with van der Waals surface area (Å²) in [6.45, 7) is 6.23. The predicted octanol–water partition coefficient (Wildman–Crippen LogP) is 5.80. The van der Waals surface area contributed by atoms with Crippen LogP contribution in [0.4, 0.5) is 15.8 Å². The van der Waals surface area contributed by atoms with Gasteiger partial charge in [-0.05, 0) is 47.0 Å². The first-order valence-electron chi connectivity index (χ1n) is 7.38. The second-order valence-electron chi connectivity index (χ2n) is 5.78. The summed E-state index contributed by atoms with van der Waals surface area (Å²) in [6.07, 6.45) is 1.56. The topological polar surface area (TPSA) is 58.0 Å². The molecule has 0 aliphatic heterocycles. The minimum atomic E-state index is -0.418. The zero-order valence-electron chi connectivity index (χ0n) is 13.6. The van der Waals surface area contributed by atoms with Crippen molar-refractivity contribution in [3.63, 3.8) is 0 Å². The van der Waals surface area contributed by atoms with Crippen molar-refractivity contribution in [2.75, 3.05) is 11.9 Å². The van der Waals surface area contributed by atoms with E-state index in [0.717, 1.165) is 0 Å². The van der Waals surface area contributed by atoms with Crippen LogP contribution in [-0.2, 0) is 0 Å². The van der Waals surface area contributed by atoms with E-state index in [4.69, 9.17) is 21.7 Å². The molecule has 1 aromatic carbocycles. The maximum atomic E-state index is 13.8. The van der Waals surface area contributed by atoms with Gasteiger partial charge < -0.3 is 15.5 Å². The van der Waals surface area contributed by atoms with E-state index in [-0.39, 0.29) is 0 Å². The van der Waals surface area contributed by atoms with Gasteiger partial charge in [-0.1, -0.05) is 25.4 Å². The van der Waals surface area contributed by atoms with Gasteiger partial charge in [-0.3, -0.25) is 0 Å². The molecule has 1 heterocycles. The molecule has 2 aromatic rings. The molecular weight excluding hydrogens is 397 g/mol. The van der Waals surface area contributed by atoms with Gasteiger partial charge in [-0.25, -0.2) is 9.37 Å². The molecule has 0 radical (unpaired) electrons. The summed E-state index contributed by atoms with van der Waals surface area (Å²) in [7, 11) is 0. The van der Waals surface area contributed by atoms with E-state index in [9.17, 15) is 4.39 Å². The molecule has 128 valence electrons. The Morgan fingerprint density at radius 3 is 2.71 bits per heavy atom. The number of halogens is 3. The average molecular weight is 415 g/mol. The summed E-state index contributed by atoms with van der Waals surface area (Å²) >= 11 is 9.32. The van der Waals surface area contributed by atoms with Crippen molar-refractivity contribution in [2.45, 2.75) is 20.8 Å². The highest BCUT2D eigenvalue weighted by molar-refractivity contribution is 9.10. The molecule has 0 saturated carbocycles. The first-order valence-corrected chi connectivity index (χ1v) is 8.55. The summed E-state index contributed by atoms with van der Waals surface area (Å²) in [4.78, 5) is 4.19. The van der Waals surface area contributed by atoms with Gasteiger partial charge in [0.1, 0.15) is 10.8 Å². The monoisotopic (exact) mass is 413 g/mol. The number of benzene rings is 1. The summed E-state index contributed by atoms with van der Waals surface area (Å²) in [5, 5.41) is 11.3. The molecule has 2 N–H and O–H groups in total. The molecule has 0 aliphatic carbocycles. The van der Waals surface area contributed by atoms with Gasteiger partial charge >= 0.3 is 0 Å². The van der Waals surface area contributed by atoms with Crippen LogP contribution in [0.1, 0.15) is 26.3 Å². The minimum absolute atomic E-state index is 0.309. The van der Waals surface area contributed by atoms with Crippen LogP contribution in [0.25, 0.3) is 0 Å². The average Bonchev–Trinajstić information content (AvgIpc) is 2.49. The van der Waals surface area contributed by atoms with Gasteiger partial charge in [0.2, 0.25) is 5.88 Å². The number of rotatable bonds is 6. The summed E-state index contributed by atoms with van der Waals surface area (Å²) in [5.41, 5.74) is 1.95. The first kappa shape index (κ1) is 18.7. The number of anilines is 2. The van der Waals surface area contributed by atoms with Crippen LogP contribution in [0.2, 0.25) is 5.02 Å². The van der Waals surface area contributed by atoms with E-state index in [0.29, 0.717) is 50.6 Å². The number of aromatic nitrogens is 1. The van der Waals surface area contributed by atoms with Crippen LogP contribution in [0.5, 0.6) is 5.88 Å². The molecule has 1 aromatic heterocycles. The second kappa shape index (κ2) is 7.94. The largest absolute Gasteiger partial charge is 0.476 e. The highest BCUT2D eigenvalue weighted by atomic mass is 79.9. The first-order chi connectivity index (χ1) is 11.3. The molecule has 0 unspecified atom stereocenters. The highest BCUT2D eigenvalue weighted by Crippen LogP contribution is 2.30. The number of nitrogens with zero attached hydrogens (tertiary/aromatic N) is 1. The zero-order valence-corrected chi connectivity index (χ0v) is 15.9. The Bertz CT molecular complexity index is 768. The Morgan fingerprint density at radius 1 is 1.42 bits per heavy atom. The Hall–Kier alpha value is -1.66. The standard InChI is InChI=1S/C17H18BrClFN3O/c1-9(2)8-24-17-14(19)4-11(7-22-17)23-16-6-15(20)13(18)5-12(16)10(3)21/h4-7,9,21,23H,8H2,1-3H3. The van der Waals surface area contributed by atoms with Crippen molar-refractivity contribution in [1.82, 2.24) is 4.98 Å². The molecule has 24 heavy (non-hydrogen) atoms. The lowest BCUT2D eigenvalue weighted by molar-refractivity contribution is 0.261. The molecule has 0 atom stereocenters. The maximum absolute atomic E-state index is 13.8. The molecule has 7 heteroatoms. The lowest BCUT2D eigenvalue weighted by atomic mass is 10.1. The normalized spacial score (nSPS) is 10.8. The van der Waals surface area contributed by atoms with E-state index >= 15 is 0 Å². The molecular formula is C17H18BrClFN3O. The zero-order chi connectivity index (χ0) is 17.9. The van der Waals surface area contributed by atoms with Crippen molar-refractivity contribution in [1.29, 1.82) is 5.41 Å². The van der Waals surface area contributed by atoms with Crippen LogP contribution in [-0.4, -0.2) is 17.3 Å². The summed E-state index contributed by atoms with van der Waals surface area (Å²) in [6, 6.07) is 4.55. The minimum Gasteiger partial charge on any atom is -0.476 e. The van der Waals surface area contributed by atoms with Crippen LogP contribution in [0.3, 0.4) is 0 Å². The number of ether oxygens (including phenoxy) is 1. The van der Waals surface area contributed by atoms with Crippen molar-refractivity contribution in [3.05, 3.63) is 45.3 Å². The van der Waals surface area contributed by atoms with E-state index in [2.05, 4.69) is 26.2 Å². The fourth-order valence-corrected chi connectivity index (χ4v) is 2.53. The molecule has 0 aliphatic rings. The molecule has 0 bridgehead atoms. The van der Waals surface area contributed by atoms with E-state index in [1.165, 1.54) is 6.07 Å². The van der Waals surface area contributed by atoms with E-state index in [1.54, 1.807) is 25.3 Å². The van der Waals surface area contributed by atoms with Crippen molar-refractivity contribution in [3.8, 4) is 5.88 Å². The number of pyridine rings is 1. The maximum Gasteiger partial charge on any atom is 0.232 e. The third-order valence-corrected chi connectivity index (χ3v) is 3.98. The van der Waals surface area contributed by atoms with Gasteiger partial charge in [0, 0.05) is 11.3 Å². The molecule has 0 spiro atoms. The Balaban J connectivity index is 2.27.